The number of likely N-dealkylation sites (tertiary alicyclic amines) is 1. The van der Waals surface area contributed by atoms with Crippen molar-refractivity contribution in [1.29, 1.82) is 0 Å². The summed E-state index contributed by atoms with van der Waals surface area (Å²) in [4.78, 5) is 42.7. The fourth-order valence-corrected chi connectivity index (χ4v) is 5.33. The van der Waals surface area contributed by atoms with E-state index in [4.69, 9.17) is 9.47 Å². The van der Waals surface area contributed by atoms with Crippen LogP contribution in [0.1, 0.15) is 46.4 Å². The van der Waals surface area contributed by atoms with Crippen LogP contribution >= 0.6 is 0 Å². The summed E-state index contributed by atoms with van der Waals surface area (Å²) in [6.07, 6.45) is 2.17. The number of ether oxygens (including phenoxy) is 2. The number of halogens is 2. The number of carbonyl (C=O) groups is 3. The molecule has 0 bridgehead atoms. The molecule has 10 heteroatoms. The van der Waals surface area contributed by atoms with Crippen molar-refractivity contribution in [2.45, 2.75) is 43.6 Å². The van der Waals surface area contributed by atoms with E-state index in [1.54, 1.807) is 6.07 Å². The molecule has 2 aromatic rings. The van der Waals surface area contributed by atoms with Gasteiger partial charge in [0.25, 0.3) is 11.8 Å². The molecule has 0 aliphatic carbocycles. The molecular weight excluding hydrogens is 484 g/mol. The van der Waals surface area contributed by atoms with Gasteiger partial charge in [-0.15, -0.1) is 0 Å². The minimum absolute atomic E-state index is 0.0233. The quantitative estimate of drug-likeness (QED) is 0.665. The van der Waals surface area contributed by atoms with Gasteiger partial charge in [-0.3, -0.25) is 19.3 Å². The Kier molecular flexibility index (Phi) is 7.21. The molecule has 8 nitrogen and oxygen atoms in total. The Hall–Kier alpha value is -3.37. The second-order valence-electron chi connectivity index (χ2n) is 9.61. The third-order valence-electron chi connectivity index (χ3n) is 7.32. The molecule has 5 rings (SSSR count). The maximum atomic E-state index is 14.2. The second kappa shape index (κ2) is 10.5. The fraction of sp³-hybridized carbons (Fsp3) is 0.444. The molecule has 0 radical (unpaired) electrons. The van der Waals surface area contributed by atoms with Gasteiger partial charge in [0.2, 0.25) is 5.91 Å². The van der Waals surface area contributed by atoms with Crippen molar-refractivity contribution in [3.63, 3.8) is 0 Å². The van der Waals surface area contributed by atoms with Gasteiger partial charge in [0.15, 0.2) is 0 Å². The standard InChI is InChI=1S/C27H29F2N3O5/c28-19-6-3-5-18(15-19)25(34)32-23(24(33)30-16-20-7-4-14-36-20)17-37-27(32)10-12-31(13-11-27)26(35)21-8-1-2-9-22(21)29/h1-3,5-6,8-9,15,20,23H,4,7,10-14,16-17H2,(H,30,33)/t20-,23-/m1/s1. The van der Waals surface area contributed by atoms with Gasteiger partial charge in [0.1, 0.15) is 23.4 Å². The van der Waals surface area contributed by atoms with E-state index in [1.165, 1.54) is 46.2 Å². The summed E-state index contributed by atoms with van der Waals surface area (Å²) in [6.45, 7) is 1.35. The first-order valence-electron chi connectivity index (χ1n) is 12.5. The summed E-state index contributed by atoms with van der Waals surface area (Å²) in [5, 5.41) is 2.87. The highest BCUT2D eigenvalue weighted by Crippen LogP contribution is 2.39. The molecule has 0 aromatic heterocycles. The molecule has 3 aliphatic heterocycles. The number of benzene rings is 2. The predicted molar refractivity (Wildman–Crippen MR) is 129 cm³/mol. The van der Waals surface area contributed by atoms with Crippen molar-refractivity contribution in [2.75, 3.05) is 32.8 Å². The molecule has 196 valence electrons. The van der Waals surface area contributed by atoms with Gasteiger partial charge < -0.3 is 19.7 Å². The zero-order valence-corrected chi connectivity index (χ0v) is 20.3. The normalized spacial score (nSPS) is 22.9. The average Bonchev–Trinajstić information content (AvgIpc) is 3.56. The van der Waals surface area contributed by atoms with Crippen LogP contribution in [-0.2, 0) is 14.3 Å². The third-order valence-corrected chi connectivity index (χ3v) is 7.32. The van der Waals surface area contributed by atoms with Crippen molar-refractivity contribution in [2.24, 2.45) is 0 Å². The van der Waals surface area contributed by atoms with Gasteiger partial charge in [0, 0.05) is 44.6 Å². The third kappa shape index (κ3) is 5.08. The van der Waals surface area contributed by atoms with E-state index in [0.717, 1.165) is 18.9 Å². The van der Waals surface area contributed by atoms with Crippen LogP contribution in [0.15, 0.2) is 48.5 Å². The van der Waals surface area contributed by atoms with Crippen molar-refractivity contribution >= 4 is 17.7 Å². The largest absolute Gasteiger partial charge is 0.376 e. The van der Waals surface area contributed by atoms with E-state index in [-0.39, 0.29) is 55.7 Å². The lowest BCUT2D eigenvalue weighted by atomic mass is 9.96. The van der Waals surface area contributed by atoms with E-state index in [9.17, 15) is 23.2 Å². The molecule has 3 heterocycles. The summed E-state index contributed by atoms with van der Waals surface area (Å²) in [5.41, 5.74) is -1.07. The van der Waals surface area contributed by atoms with Crippen LogP contribution in [0.3, 0.4) is 0 Å². The summed E-state index contributed by atoms with van der Waals surface area (Å²) in [6, 6.07) is 10.2. The summed E-state index contributed by atoms with van der Waals surface area (Å²) >= 11 is 0. The molecule has 3 amide bonds. The Morgan fingerprint density at radius 2 is 1.81 bits per heavy atom. The molecule has 3 fully saturated rings. The highest BCUT2D eigenvalue weighted by atomic mass is 19.1. The van der Waals surface area contributed by atoms with Gasteiger partial charge in [-0.25, -0.2) is 8.78 Å². The zero-order valence-electron chi connectivity index (χ0n) is 20.3. The first kappa shape index (κ1) is 25.3. The topological polar surface area (TPSA) is 88.2 Å². The minimum atomic E-state index is -1.15. The van der Waals surface area contributed by atoms with Gasteiger partial charge in [-0.2, -0.15) is 0 Å². The Morgan fingerprint density at radius 1 is 1.03 bits per heavy atom. The van der Waals surface area contributed by atoms with Crippen molar-refractivity contribution in [3.8, 4) is 0 Å². The Bertz CT molecular complexity index is 1180. The Morgan fingerprint density at radius 3 is 2.51 bits per heavy atom. The van der Waals surface area contributed by atoms with Crippen LogP contribution < -0.4 is 5.32 Å². The number of nitrogens with zero attached hydrogens (tertiary/aromatic N) is 2. The smallest absolute Gasteiger partial charge is 0.256 e. The van der Waals surface area contributed by atoms with Crippen LogP contribution in [0, 0.1) is 11.6 Å². The highest BCUT2D eigenvalue weighted by molar-refractivity contribution is 5.98. The van der Waals surface area contributed by atoms with Crippen LogP contribution in [0.4, 0.5) is 8.78 Å². The number of piperidine rings is 1. The predicted octanol–water partition coefficient (Wildman–Crippen LogP) is 2.73. The first-order chi connectivity index (χ1) is 17.9. The molecule has 3 aliphatic rings. The van der Waals surface area contributed by atoms with Crippen LogP contribution in [0.25, 0.3) is 0 Å². The molecule has 1 N–H and O–H groups in total. The molecule has 3 saturated heterocycles. The lowest BCUT2D eigenvalue weighted by molar-refractivity contribution is -0.128. The lowest BCUT2D eigenvalue weighted by Crippen LogP contribution is -2.60. The molecule has 0 unspecified atom stereocenters. The fourth-order valence-electron chi connectivity index (χ4n) is 5.33. The van der Waals surface area contributed by atoms with Gasteiger partial charge >= 0.3 is 0 Å². The molecule has 37 heavy (non-hydrogen) atoms. The number of nitrogens with one attached hydrogen (secondary N) is 1. The van der Waals surface area contributed by atoms with E-state index in [0.29, 0.717) is 13.2 Å². The van der Waals surface area contributed by atoms with E-state index in [2.05, 4.69) is 5.32 Å². The zero-order chi connectivity index (χ0) is 26.0. The average molecular weight is 514 g/mol. The van der Waals surface area contributed by atoms with Crippen LogP contribution in [0.2, 0.25) is 0 Å². The van der Waals surface area contributed by atoms with Crippen molar-refractivity contribution in [3.05, 3.63) is 71.3 Å². The maximum absolute atomic E-state index is 14.2. The number of rotatable bonds is 5. The highest BCUT2D eigenvalue weighted by Gasteiger charge is 2.54. The van der Waals surface area contributed by atoms with Gasteiger partial charge in [0.05, 0.1) is 18.3 Å². The Balaban J connectivity index is 1.36. The summed E-state index contributed by atoms with van der Waals surface area (Å²) in [5.74, 6) is -2.51. The van der Waals surface area contributed by atoms with E-state index >= 15 is 0 Å². The van der Waals surface area contributed by atoms with Crippen LogP contribution in [-0.4, -0.2) is 78.2 Å². The Labute approximate surface area is 213 Å². The second-order valence-corrected chi connectivity index (χ2v) is 9.61. The summed E-state index contributed by atoms with van der Waals surface area (Å²) < 4.78 is 39.9. The minimum Gasteiger partial charge on any atom is -0.376 e. The number of hydrogen-bond donors (Lipinski definition) is 1. The van der Waals surface area contributed by atoms with Gasteiger partial charge in [-0.1, -0.05) is 18.2 Å². The van der Waals surface area contributed by atoms with Gasteiger partial charge in [-0.05, 0) is 43.2 Å². The van der Waals surface area contributed by atoms with E-state index in [1.807, 2.05) is 0 Å². The maximum Gasteiger partial charge on any atom is 0.256 e. The van der Waals surface area contributed by atoms with Crippen LogP contribution in [0.5, 0.6) is 0 Å². The first-order valence-corrected chi connectivity index (χ1v) is 12.5. The summed E-state index contributed by atoms with van der Waals surface area (Å²) in [7, 11) is 0. The monoisotopic (exact) mass is 513 g/mol. The molecule has 2 atom stereocenters. The molecule has 1 spiro atoms. The van der Waals surface area contributed by atoms with E-state index < -0.39 is 35.2 Å². The number of hydrogen-bond acceptors (Lipinski definition) is 5. The number of amides is 3. The number of carbonyl (C=O) groups excluding carboxylic acids is 3. The molecule has 2 aromatic carbocycles. The molecular formula is C27H29F2N3O5. The lowest BCUT2D eigenvalue weighted by Gasteiger charge is -2.44. The van der Waals surface area contributed by atoms with Crippen molar-refractivity contribution < 1.29 is 32.6 Å². The molecule has 0 saturated carbocycles. The SMILES string of the molecule is O=C(NC[C@H]1CCCO1)[C@H]1COC2(CCN(C(=O)c3ccccc3F)CC2)N1C(=O)c1cccc(F)c1. The van der Waals surface area contributed by atoms with Crippen molar-refractivity contribution in [1.82, 2.24) is 15.1 Å².